The zero-order valence-corrected chi connectivity index (χ0v) is 24.5. The van der Waals surface area contributed by atoms with Crippen LogP contribution in [-0.4, -0.2) is 0 Å². The highest BCUT2D eigenvalue weighted by molar-refractivity contribution is 6.21. The molecule has 1 nitrogen and oxygen atoms in total. The summed E-state index contributed by atoms with van der Waals surface area (Å²) in [6.07, 6.45) is 2.18. The lowest BCUT2D eigenvalue weighted by molar-refractivity contribution is 0.577. The predicted molar refractivity (Wildman–Crippen MR) is 187 cm³/mol. The maximum Gasteiger partial charge on any atom is 0.135 e. The second-order valence-corrected chi connectivity index (χ2v) is 11.4. The molecular formula is C43H30O. The molecule has 0 aliphatic carbocycles. The average molecular weight is 563 g/mol. The summed E-state index contributed by atoms with van der Waals surface area (Å²) in [6, 6.07) is 52.0. The highest BCUT2D eigenvalue weighted by Crippen LogP contribution is 2.44. The van der Waals surface area contributed by atoms with Gasteiger partial charge in [0.15, 0.2) is 0 Å². The van der Waals surface area contributed by atoms with Crippen molar-refractivity contribution in [3.8, 4) is 33.4 Å². The lowest BCUT2D eigenvalue weighted by Crippen LogP contribution is -2.21. The summed E-state index contributed by atoms with van der Waals surface area (Å²) in [5.74, 6) is 0.908. The van der Waals surface area contributed by atoms with E-state index in [9.17, 15) is 0 Å². The average Bonchev–Trinajstić information content (AvgIpc) is 3.38. The summed E-state index contributed by atoms with van der Waals surface area (Å²) in [5.41, 5.74) is 9.26. The number of rotatable bonds is 4. The first-order valence-electron chi connectivity index (χ1n) is 15.0. The Morgan fingerprint density at radius 2 is 1.02 bits per heavy atom. The summed E-state index contributed by atoms with van der Waals surface area (Å²) in [4.78, 5) is 0. The van der Waals surface area contributed by atoms with Crippen molar-refractivity contribution in [2.75, 3.05) is 0 Å². The third kappa shape index (κ3) is 4.33. The SMILES string of the molecule is C=c1cccc/c1=C/c1c(C)oc2cc(-c3cccc(-c4c5ccccc5c(-c5ccccc5)c5ccccc45)c3)ccc12. The van der Waals surface area contributed by atoms with Gasteiger partial charge in [0.1, 0.15) is 11.3 Å². The monoisotopic (exact) mass is 562 g/mol. The highest BCUT2D eigenvalue weighted by Gasteiger charge is 2.17. The summed E-state index contributed by atoms with van der Waals surface area (Å²) in [6.45, 7) is 6.23. The molecule has 0 saturated carbocycles. The third-order valence-corrected chi connectivity index (χ3v) is 8.75. The van der Waals surface area contributed by atoms with Crippen LogP contribution in [0.3, 0.4) is 0 Å². The lowest BCUT2D eigenvalue weighted by Gasteiger charge is -2.18. The second kappa shape index (κ2) is 10.6. The van der Waals surface area contributed by atoms with E-state index in [0.717, 1.165) is 43.9 Å². The zero-order valence-electron chi connectivity index (χ0n) is 24.5. The van der Waals surface area contributed by atoms with Gasteiger partial charge in [0, 0.05) is 10.9 Å². The normalized spacial score (nSPS) is 12.0. The molecule has 7 aromatic carbocycles. The number of hydrogen-bond acceptors (Lipinski definition) is 1. The van der Waals surface area contributed by atoms with Crippen molar-refractivity contribution in [3.05, 3.63) is 167 Å². The fourth-order valence-corrected chi connectivity index (χ4v) is 6.64. The minimum absolute atomic E-state index is 0.890. The first kappa shape index (κ1) is 26.0. The summed E-state index contributed by atoms with van der Waals surface area (Å²) < 4.78 is 6.31. The molecule has 0 unspecified atom stereocenters. The van der Waals surface area contributed by atoms with Gasteiger partial charge in [0.2, 0.25) is 0 Å². The van der Waals surface area contributed by atoms with Gasteiger partial charge < -0.3 is 4.42 Å². The van der Waals surface area contributed by atoms with Crippen LogP contribution in [0.2, 0.25) is 0 Å². The number of furan rings is 1. The van der Waals surface area contributed by atoms with Crippen molar-refractivity contribution in [2.45, 2.75) is 6.92 Å². The van der Waals surface area contributed by atoms with E-state index in [1.54, 1.807) is 0 Å². The summed E-state index contributed by atoms with van der Waals surface area (Å²) >= 11 is 0. The van der Waals surface area contributed by atoms with E-state index >= 15 is 0 Å². The van der Waals surface area contributed by atoms with Crippen LogP contribution < -0.4 is 10.4 Å². The molecule has 1 heteroatoms. The molecular weight excluding hydrogens is 532 g/mol. The van der Waals surface area contributed by atoms with Crippen LogP contribution >= 0.6 is 0 Å². The van der Waals surface area contributed by atoms with E-state index in [0.29, 0.717) is 0 Å². The van der Waals surface area contributed by atoms with Crippen LogP contribution in [0, 0.1) is 6.92 Å². The van der Waals surface area contributed by atoms with Crippen LogP contribution in [0.4, 0.5) is 0 Å². The number of hydrogen-bond donors (Lipinski definition) is 0. The van der Waals surface area contributed by atoms with Gasteiger partial charge in [0.05, 0.1) is 0 Å². The molecule has 0 spiro atoms. The standard InChI is InChI=1S/C43H30O/c1-28-13-6-7-16-31(28)26-40-29(2)44-41-27-33(23-24-35(40)41)32-17-12-18-34(25-32)43-38-21-10-8-19-36(38)42(30-14-4-3-5-15-30)37-20-9-11-22-39(37)43/h3-27H,1H2,2H3/b31-26-. The summed E-state index contributed by atoms with van der Waals surface area (Å²) in [5, 5.41) is 8.25. The predicted octanol–water partition coefficient (Wildman–Crippen LogP) is 10.3. The van der Waals surface area contributed by atoms with Gasteiger partial charge in [0.25, 0.3) is 0 Å². The highest BCUT2D eigenvalue weighted by atomic mass is 16.3. The largest absolute Gasteiger partial charge is 0.461 e. The molecule has 0 N–H and O–H groups in total. The van der Waals surface area contributed by atoms with Crippen molar-refractivity contribution >= 4 is 45.2 Å². The molecule has 0 atom stereocenters. The van der Waals surface area contributed by atoms with Crippen molar-refractivity contribution < 1.29 is 4.42 Å². The molecule has 44 heavy (non-hydrogen) atoms. The maximum atomic E-state index is 6.31. The van der Waals surface area contributed by atoms with E-state index in [1.165, 1.54) is 43.8 Å². The van der Waals surface area contributed by atoms with Crippen LogP contribution in [-0.2, 0) is 0 Å². The van der Waals surface area contributed by atoms with Gasteiger partial charge in [-0.25, -0.2) is 0 Å². The minimum atomic E-state index is 0.890. The smallest absolute Gasteiger partial charge is 0.135 e. The first-order valence-corrected chi connectivity index (χ1v) is 15.0. The van der Waals surface area contributed by atoms with E-state index in [1.807, 2.05) is 25.1 Å². The molecule has 8 aromatic rings. The Kier molecular flexibility index (Phi) is 6.24. The number of benzene rings is 7. The van der Waals surface area contributed by atoms with Crippen LogP contribution in [0.5, 0.6) is 0 Å². The molecule has 8 rings (SSSR count). The molecule has 1 aromatic heterocycles. The molecule has 0 saturated heterocycles. The van der Waals surface area contributed by atoms with Gasteiger partial charge in [-0.3, -0.25) is 0 Å². The van der Waals surface area contributed by atoms with E-state index in [4.69, 9.17) is 4.42 Å². The van der Waals surface area contributed by atoms with E-state index in [-0.39, 0.29) is 0 Å². The van der Waals surface area contributed by atoms with Crippen LogP contribution in [0.25, 0.3) is 78.5 Å². The van der Waals surface area contributed by atoms with Crippen molar-refractivity contribution in [2.24, 2.45) is 0 Å². The Morgan fingerprint density at radius 1 is 0.477 bits per heavy atom. The number of fused-ring (bicyclic) bond motifs is 3. The first-order chi connectivity index (χ1) is 21.7. The fourth-order valence-electron chi connectivity index (χ4n) is 6.64. The van der Waals surface area contributed by atoms with E-state index in [2.05, 4.69) is 140 Å². The van der Waals surface area contributed by atoms with Gasteiger partial charge >= 0.3 is 0 Å². The van der Waals surface area contributed by atoms with Crippen LogP contribution in [0.15, 0.2) is 150 Å². The van der Waals surface area contributed by atoms with Gasteiger partial charge in [-0.05, 0) is 96.6 Å². The fraction of sp³-hybridized carbons (Fsp3) is 0.0233. The Morgan fingerprint density at radius 3 is 1.70 bits per heavy atom. The Balaban J connectivity index is 1.30. The van der Waals surface area contributed by atoms with Crippen molar-refractivity contribution in [3.63, 3.8) is 0 Å². The topological polar surface area (TPSA) is 13.1 Å². The second-order valence-electron chi connectivity index (χ2n) is 11.4. The molecule has 0 aliphatic heterocycles. The molecule has 0 amide bonds. The van der Waals surface area contributed by atoms with E-state index < -0.39 is 0 Å². The maximum absolute atomic E-state index is 6.31. The van der Waals surface area contributed by atoms with Crippen molar-refractivity contribution in [1.82, 2.24) is 0 Å². The summed E-state index contributed by atoms with van der Waals surface area (Å²) in [7, 11) is 0. The Bertz CT molecular complexity index is 2410. The Labute approximate surface area is 256 Å². The Hall–Kier alpha value is -5.66. The number of aryl methyl sites for hydroxylation is 1. The van der Waals surface area contributed by atoms with Gasteiger partial charge in [-0.1, -0.05) is 134 Å². The quantitative estimate of drug-likeness (QED) is 0.195. The van der Waals surface area contributed by atoms with Crippen LogP contribution in [0.1, 0.15) is 11.3 Å². The molecule has 1 heterocycles. The lowest BCUT2D eigenvalue weighted by atomic mass is 9.85. The third-order valence-electron chi connectivity index (χ3n) is 8.75. The van der Waals surface area contributed by atoms with Gasteiger partial charge in [-0.2, -0.15) is 0 Å². The molecule has 0 fully saturated rings. The minimum Gasteiger partial charge on any atom is -0.461 e. The van der Waals surface area contributed by atoms with Crippen molar-refractivity contribution in [1.29, 1.82) is 0 Å². The molecule has 208 valence electrons. The molecule has 0 aliphatic rings. The zero-order chi connectivity index (χ0) is 29.6. The molecule has 0 radical (unpaired) electrons. The molecule has 0 bridgehead atoms. The van der Waals surface area contributed by atoms with Gasteiger partial charge in [-0.15, -0.1) is 0 Å².